The zero-order chi connectivity index (χ0) is 25.8. The Balaban J connectivity index is 1.54. The Morgan fingerprint density at radius 3 is 2.19 bits per heavy atom. The molecule has 2 atom stereocenters. The summed E-state index contributed by atoms with van der Waals surface area (Å²) in [6.45, 7) is 2.08. The van der Waals surface area contributed by atoms with Crippen LogP contribution in [0.5, 0.6) is 0 Å². The van der Waals surface area contributed by atoms with Crippen LogP contribution in [0.15, 0.2) is 77.8 Å². The molecule has 1 aliphatic heterocycles. The summed E-state index contributed by atoms with van der Waals surface area (Å²) in [7, 11) is 0. The highest BCUT2D eigenvalue weighted by Gasteiger charge is 2.26. The molecule has 1 aromatic rings. The van der Waals surface area contributed by atoms with Crippen molar-refractivity contribution in [3.05, 3.63) is 83.5 Å². The standard InChI is InChI=1S/C29H41N3O4/c1-2-3-4-5-6-7-8-9-10-11-12-13-14-15-16-17-18-19-27(34)30-26-22-23-32(29(35)31-26)28-21-20-25(24-33)36-28/h3-4,6-7,9-10,12-13,15-16,22-23,25,28,33H,2,5,8,11,14,17-21,24H2,1H3,(H,30,31,34,35)/b4-3-,7-6-,10-9-,13-12-,16-15-/t25-,28-/m0/s1. The van der Waals surface area contributed by atoms with E-state index in [1.807, 2.05) is 0 Å². The molecule has 0 aliphatic carbocycles. The van der Waals surface area contributed by atoms with E-state index in [1.54, 1.807) is 12.3 Å². The second-order valence-electron chi connectivity index (χ2n) is 8.62. The molecule has 7 nitrogen and oxygen atoms in total. The molecule has 2 rings (SSSR count). The molecule has 0 saturated carbocycles. The summed E-state index contributed by atoms with van der Waals surface area (Å²) in [4.78, 5) is 28.3. The van der Waals surface area contributed by atoms with Crippen LogP contribution in [-0.2, 0) is 9.53 Å². The highest BCUT2D eigenvalue weighted by Crippen LogP contribution is 2.26. The molecule has 0 spiro atoms. The van der Waals surface area contributed by atoms with Crippen LogP contribution in [0, 0.1) is 0 Å². The molecule has 0 aromatic carbocycles. The second kappa shape index (κ2) is 18.3. The average molecular weight is 496 g/mol. The maximum absolute atomic E-state index is 12.3. The summed E-state index contributed by atoms with van der Waals surface area (Å²) >= 11 is 0. The molecular formula is C29H41N3O4. The highest BCUT2D eigenvalue weighted by atomic mass is 16.5. The third-order valence-electron chi connectivity index (χ3n) is 5.63. The van der Waals surface area contributed by atoms with E-state index >= 15 is 0 Å². The zero-order valence-corrected chi connectivity index (χ0v) is 21.4. The molecule has 196 valence electrons. The number of carbonyl (C=O) groups excluding carboxylic acids is 1. The number of aromatic nitrogens is 2. The van der Waals surface area contributed by atoms with Crippen molar-refractivity contribution in [2.45, 2.75) is 83.5 Å². The van der Waals surface area contributed by atoms with E-state index in [1.165, 1.54) is 4.57 Å². The number of ether oxygens (including phenoxy) is 1. The lowest BCUT2D eigenvalue weighted by Gasteiger charge is -2.14. The molecule has 1 aliphatic rings. The fourth-order valence-electron chi connectivity index (χ4n) is 3.68. The smallest absolute Gasteiger partial charge is 0.351 e. The first-order valence-corrected chi connectivity index (χ1v) is 13.0. The number of nitrogens with zero attached hydrogens (tertiary/aromatic N) is 2. The highest BCUT2D eigenvalue weighted by molar-refractivity contribution is 5.89. The lowest BCUT2D eigenvalue weighted by molar-refractivity contribution is -0.116. The van der Waals surface area contributed by atoms with E-state index < -0.39 is 11.9 Å². The number of hydrogen-bond acceptors (Lipinski definition) is 5. The Bertz CT molecular complexity index is 975. The molecule has 2 heterocycles. The van der Waals surface area contributed by atoms with E-state index in [4.69, 9.17) is 4.74 Å². The minimum atomic E-state index is -0.477. The van der Waals surface area contributed by atoms with Gasteiger partial charge in [0.2, 0.25) is 5.91 Å². The van der Waals surface area contributed by atoms with Crippen molar-refractivity contribution < 1.29 is 14.6 Å². The zero-order valence-electron chi connectivity index (χ0n) is 21.4. The van der Waals surface area contributed by atoms with E-state index in [2.05, 4.69) is 78.0 Å². The van der Waals surface area contributed by atoms with Crippen LogP contribution in [0.2, 0.25) is 0 Å². The normalized spacial score (nSPS) is 18.6. The van der Waals surface area contributed by atoms with Gasteiger partial charge in [-0.1, -0.05) is 67.7 Å². The number of nitrogens with one attached hydrogen (secondary N) is 1. The first-order chi connectivity index (χ1) is 17.6. The summed E-state index contributed by atoms with van der Waals surface area (Å²) in [5.74, 6) is 0.0808. The summed E-state index contributed by atoms with van der Waals surface area (Å²) in [5, 5.41) is 11.9. The average Bonchev–Trinajstić information content (AvgIpc) is 3.35. The lowest BCUT2D eigenvalue weighted by atomic mass is 10.2. The molecule has 0 radical (unpaired) electrons. The maximum Gasteiger partial charge on any atom is 0.351 e. The molecule has 1 fully saturated rings. The topological polar surface area (TPSA) is 93.5 Å². The van der Waals surface area contributed by atoms with Crippen molar-refractivity contribution >= 4 is 11.7 Å². The van der Waals surface area contributed by atoms with Gasteiger partial charge < -0.3 is 15.2 Å². The van der Waals surface area contributed by atoms with Gasteiger partial charge >= 0.3 is 5.69 Å². The summed E-state index contributed by atoms with van der Waals surface area (Å²) in [6.07, 6.45) is 30.7. The molecule has 0 unspecified atom stereocenters. The third kappa shape index (κ3) is 12.1. The molecular weight excluding hydrogens is 454 g/mol. The summed E-state index contributed by atoms with van der Waals surface area (Å²) in [5.41, 5.74) is -0.477. The second-order valence-corrected chi connectivity index (χ2v) is 8.62. The Morgan fingerprint density at radius 2 is 1.64 bits per heavy atom. The molecule has 1 saturated heterocycles. The fraction of sp³-hybridized carbons (Fsp3) is 0.483. The van der Waals surface area contributed by atoms with Crippen molar-refractivity contribution in [2.24, 2.45) is 0 Å². The lowest BCUT2D eigenvalue weighted by Crippen LogP contribution is -2.28. The predicted molar refractivity (Wildman–Crippen MR) is 146 cm³/mol. The third-order valence-corrected chi connectivity index (χ3v) is 5.63. The van der Waals surface area contributed by atoms with Gasteiger partial charge in [-0.15, -0.1) is 0 Å². The van der Waals surface area contributed by atoms with Crippen molar-refractivity contribution in [3.8, 4) is 0 Å². The molecule has 2 N–H and O–H groups in total. The number of unbranched alkanes of at least 4 members (excludes halogenated alkanes) is 1. The minimum Gasteiger partial charge on any atom is -0.394 e. The van der Waals surface area contributed by atoms with E-state index in [0.717, 1.165) is 44.9 Å². The van der Waals surface area contributed by atoms with Gasteiger partial charge in [0.05, 0.1) is 12.7 Å². The number of aliphatic hydroxyl groups excluding tert-OH is 1. The van der Waals surface area contributed by atoms with Crippen LogP contribution in [0.1, 0.15) is 77.4 Å². The molecule has 36 heavy (non-hydrogen) atoms. The predicted octanol–water partition coefficient (Wildman–Crippen LogP) is 5.77. The van der Waals surface area contributed by atoms with Crippen LogP contribution in [-0.4, -0.2) is 33.3 Å². The Hall–Kier alpha value is -3.03. The Labute approximate surface area is 215 Å². The number of allylic oxidation sites excluding steroid dienone is 10. The van der Waals surface area contributed by atoms with E-state index in [9.17, 15) is 14.7 Å². The number of amides is 1. The number of rotatable bonds is 16. The summed E-state index contributed by atoms with van der Waals surface area (Å²) in [6, 6.07) is 1.60. The number of hydrogen-bond donors (Lipinski definition) is 2. The van der Waals surface area contributed by atoms with Gasteiger partial charge in [0.25, 0.3) is 0 Å². The maximum atomic E-state index is 12.3. The molecule has 1 amide bonds. The van der Waals surface area contributed by atoms with Gasteiger partial charge in [0.15, 0.2) is 0 Å². The Morgan fingerprint density at radius 1 is 1.03 bits per heavy atom. The fourth-order valence-corrected chi connectivity index (χ4v) is 3.68. The van der Waals surface area contributed by atoms with Crippen LogP contribution in [0.4, 0.5) is 5.82 Å². The first kappa shape index (κ1) is 29.2. The van der Waals surface area contributed by atoms with Crippen LogP contribution < -0.4 is 11.0 Å². The largest absolute Gasteiger partial charge is 0.394 e. The first-order valence-electron chi connectivity index (χ1n) is 13.0. The van der Waals surface area contributed by atoms with Crippen molar-refractivity contribution in [2.75, 3.05) is 11.9 Å². The molecule has 7 heteroatoms. The van der Waals surface area contributed by atoms with Crippen molar-refractivity contribution in [3.63, 3.8) is 0 Å². The number of anilines is 1. The Kier molecular flexibility index (Phi) is 14.8. The van der Waals surface area contributed by atoms with Crippen LogP contribution >= 0.6 is 0 Å². The van der Waals surface area contributed by atoms with E-state index in [0.29, 0.717) is 19.3 Å². The van der Waals surface area contributed by atoms with Gasteiger partial charge in [-0.25, -0.2) is 4.79 Å². The quantitative estimate of drug-likeness (QED) is 0.224. The SMILES string of the molecule is CC/C=C\C/C=C\C/C=C\C/C=C\C/C=C\CCCC(=O)Nc1ccn([C@@H]2CC[C@@H](CO)O2)c(=O)n1. The summed E-state index contributed by atoms with van der Waals surface area (Å²) < 4.78 is 7.01. The van der Waals surface area contributed by atoms with Gasteiger partial charge in [0.1, 0.15) is 12.0 Å². The van der Waals surface area contributed by atoms with Gasteiger partial charge in [-0.2, -0.15) is 4.98 Å². The van der Waals surface area contributed by atoms with Gasteiger partial charge in [-0.05, 0) is 63.9 Å². The molecule has 1 aromatic heterocycles. The molecule has 0 bridgehead atoms. The van der Waals surface area contributed by atoms with Gasteiger partial charge in [0, 0.05) is 12.6 Å². The van der Waals surface area contributed by atoms with Gasteiger partial charge in [-0.3, -0.25) is 9.36 Å². The van der Waals surface area contributed by atoms with Crippen molar-refractivity contribution in [1.29, 1.82) is 0 Å². The van der Waals surface area contributed by atoms with E-state index in [-0.39, 0.29) is 24.4 Å². The number of aliphatic hydroxyl groups is 1. The monoisotopic (exact) mass is 495 g/mol. The minimum absolute atomic E-state index is 0.0631. The number of carbonyl (C=O) groups is 1. The van der Waals surface area contributed by atoms with Crippen LogP contribution in [0.3, 0.4) is 0 Å². The van der Waals surface area contributed by atoms with Crippen molar-refractivity contribution in [1.82, 2.24) is 9.55 Å². The van der Waals surface area contributed by atoms with Crippen LogP contribution in [0.25, 0.3) is 0 Å².